The molecule has 0 amide bonds. The van der Waals surface area contributed by atoms with E-state index in [0.717, 1.165) is 5.82 Å². The molecule has 0 aliphatic carbocycles. The van der Waals surface area contributed by atoms with Crippen molar-refractivity contribution in [3.8, 4) is 5.82 Å². The Hall–Kier alpha value is -1.35. The Bertz CT molecular complexity index is 497. The Morgan fingerprint density at radius 2 is 2.06 bits per heavy atom. The molecule has 3 nitrogen and oxygen atoms in total. The van der Waals surface area contributed by atoms with E-state index in [-0.39, 0.29) is 5.41 Å². The predicted molar refractivity (Wildman–Crippen MR) is 65.1 cm³/mol. The maximum absolute atomic E-state index is 5.91. The lowest BCUT2D eigenvalue weighted by molar-refractivity contribution is 0.590. The standard InChI is InChI=1S/C12H14ClN3/c1-12(2,3)9-7-15-16(8-9)11-6-10(13)4-5-14-11/h4-8H,1-3H3. The fraction of sp³-hybridized carbons (Fsp3) is 0.333. The molecule has 0 saturated carbocycles. The summed E-state index contributed by atoms with van der Waals surface area (Å²) in [6.45, 7) is 6.46. The maximum atomic E-state index is 5.91. The SMILES string of the molecule is CC(C)(C)c1cnn(-c2cc(Cl)ccn2)c1. The van der Waals surface area contributed by atoms with Crippen molar-refractivity contribution >= 4 is 11.6 Å². The number of pyridine rings is 1. The molecular weight excluding hydrogens is 222 g/mol. The number of hydrogen-bond donors (Lipinski definition) is 0. The molecule has 4 heteroatoms. The van der Waals surface area contributed by atoms with Gasteiger partial charge in [-0.1, -0.05) is 32.4 Å². The molecule has 0 bridgehead atoms. The van der Waals surface area contributed by atoms with Gasteiger partial charge in [0, 0.05) is 23.5 Å². The summed E-state index contributed by atoms with van der Waals surface area (Å²) >= 11 is 5.91. The second-order valence-electron chi connectivity index (χ2n) is 4.76. The molecule has 84 valence electrons. The number of halogens is 1. The van der Waals surface area contributed by atoms with Crippen LogP contribution in [0.4, 0.5) is 0 Å². The Morgan fingerprint density at radius 1 is 1.31 bits per heavy atom. The summed E-state index contributed by atoms with van der Waals surface area (Å²) in [5.41, 5.74) is 1.27. The summed E-state index contributed by atoms with van der Waals surface area (Å²) < 4.78 is 1.74. The predicted octanol–water partition coefficient (Wildman–Crippen LogP) is 3.22. The molecule has 2 aromatic rings. The first-order valence-electron chi connectivity index (χ1n) is 5.14. The van der Waals surface area contributed by atoms with E-state index in [2.05, 4.69) is 30.9 Å². The van der Waals surface area contributed by atoms with Crippen LogP contribution in [0.3, 0.4) is 0 Å². The summed E-state index contributed by atoms with van der Waals surface area (Å²) in [6, 6.07) is 3.54. The molecule has 16 heavy (non-hydrogen) atoms. The van der Waals surface area contributed by atoms with E-state index >= 15 is 0 Å². The highest BCUT2D eigenvalue weighted by atomic mass is 35.5. The molecule has 0 fully saturated rings. The molecular formula is C12H14ClN3. The third-order valence-electron chi connectivity index (χ3n) is 2.39. The van der Waals surface area contributed by atoms with Gasteiger partial charge in [0.1, 0.15) is 0 Å². The number of rotatable bonds is 1. The average molecular weight is 236 g/mol. The molecule has 2 rings (SSSR count). The van der Waals surface area contributed by atoms with Crippen LogP contribution in [-0.4, -0.2) is 14.8 Å². The van der Waals surface area contributed by atoms with Gasteiger partial charge in [0.2, 0.25) is 0 Å². The van der Waals surface area contributed by atoms with Gasteiger partial charge < -0.3 is 0 Å². The van der Waals surface area contributed by atoms with E-state index in [1.54, 1.807) is 23.0 Å². The first-order chi connectivity index (χ1) is 7.47. The van der Waals surface area contributed by atoms with Gasteiger partial charge in [-0.25, -0.2) is 9.67 Å². The van der Waals surface area contributed by atoms with Gasteiger partial charge >= 0.3 is 0 Å². The molecule has 0 aromatic carbocycles. The molecule has 0 unspecified atom stereocenters. The van der Waals surface area contributed by atoms with Crippen LogP contribution >= 0.6 is 11.6 Å². The van der Waals surface area contributed by atoms with Gasteiger partial charge in [-0.2, -0.15) is 5.10 Å². The molecule has 2 aromatic heterocycles. The van der Waals surface area contributed by atoms with E-state index < -0.39 is 0 Å². The summed E-state index contributed by atoms with van der Waals surface area (Å²) in [5.74, 6) is 0.739. The van der Waals surface area contributed by atoms with E-state index in [9.17, 15) is 0 Å². The fourth-order valence-corrected chi connectivity index (χ4v) is 1.51. The summed E-state index contributed by atoms with van der Waals surface area (Å²) in [6.07, 6.45) is 5.53. The van der Waals surface area contributed by atoms with Gasteiger partial charge in [-0.3, -0.25) is 0 Å². The highest BCUT2D eigenvalue weighted by Crippen LogP contribution is 2.22. The average Bonchev–Trinajstić information content (AvgIpc) is 2.65. The molecule has 0 radical (unpaired) electrons. The lowest BCUT2D eigenvalue weighted by Crippen LogP contribution is -2.09. The third-order valence-corrected chi connectivity index (χ3v) is 2.63. The molecule has 0 saturated heterocycles. The molecule has 0 N–H and O–H groups in total. The van der Waals surface area contributed by atoms with Crippen molar-refractivity contribution in [3.63, 3.8) is 0 Å². The molecule has 0 aliphatic rings. The largest absolute Gasteiger partial charge is 0.237 e. The molecule has 0 aliphatic heterocycles. The van der Waals surface area contributed by atoms with Crippen molar-refractivity contribution in [2.75, 3.05) is 0 Å². The fourth-order valence-electron chi connectivity index (χ4n) is 1.35. The van der Waals surface area contributed by atoms with Crippen molar-refractivity contribution in [1.82, 2.24) is 14.8 Å². The minimum Gasteiger partial charge on any atom is -0.237 e. The zero-order valence-electron chi connectivity index (χ0n) is 9.61. The van der Waals surface area contributed by atoms with Crippen LogP contribution in [0.1, 0.15) is 26.3 Å². The van der Waals surface area contributed by atoms with Crippen molar-refractivity contribution < 1.29 is 0 Å². The number of nitrogens with zero attached hydrogens (tertiary/aromatic N) is 3. The Kier molecular flexibility index (Phi) is 2.72. The Labute approximate surface area is 100 Å². The van der Waals surface area contributed by atoms with Crippen molar-refractivity contribution in [1.29, 1.82) is 0 Å². The van der Waals surface area contributed by atoms with Crippen molar-refractivity contribution in [2.45, 2.75) is 26.2 Å². The molecule has 0 spiro atoms. The normalized spacial score (nSPS) is 11.8. The van der Waals surface area contributed by atoms with Gasteiger partial charge in [-0.05, 0) is 17.0 Å². The van der Waals surface area contributed by atoms with Crippen LogP contribution in [0.25, 0.3) is 5.82 Å². The van der Waals surface area contributed by atoms with Crippen molar-refractivity contribution in [2.24, 2.45) is 0 Å². The lowest BCUT2D eigenvalue weighted by Gasteiger charge is -2.14. The third kappa shape index (κ3) is 2.25. The Balaban J connectivity index is 2.39. The van der Waals surface area contributed by atoms with E-state index in [0.29, 0.717) is 5.02 Å². The number of hydrogen-bond acceptors (Lipinski definition) is 2. The van der Waals surface area contributed by atoms with Gasteiger partial charge in [0.05, 0.1) is 6.20 Å². The minimum atomic E-state index is 0.0941. The van der Waals surface area contributed by atoms with Crippen molar-refractivity contribution in [3.05, 3.63) is 41.3 Å². The van der Waals surface area contributed by atoms with Crippen LogP contribution in [0.2, 0.25) is 5.02 Å². The highest BCUT2D eigenvalue weighted by molar-refractivity contribution is 6.30. The quantitative estimate of drug-likeness (QED) is 0.760. The van der Waals surface area contributed by atoms with Crippen LogP contribution in [0.5, 0.6) is 0 Å². The van der Waals surface area contributed by atoms with Gasteiger partial charge in [0.25, 0.3) is 0 Å². The first-order valence-corrected chi connectivity index (χ1v) is 5.52. The molecule has 2 heterocycles. The zero-order valence-corrected chi connectivity index (χ0v) is 10.4. The first kappa shape index (κ1) is 11.1. The van der Waals surface area contributed by atoms with Gasteiger partial charge in [0.15, 0.2) is 5.82 Å². The van der Waals surface area contributed by atoms with E-state index in [4.69, 9.17) is 11.6 Å². The minimum absolute atomic E-state index is 0.0941. The second kappa shape index (κ2) is 3.91. The summed E-state index contributed by atoms with van der Waals surface area (Å²) in [7, 11) is 0. The monoisotopic (exact) mass is 235 g/mol. The smallest absolute Gasteiger partial charge is 0.154 e. The zero-order chi connectivity index (χ0) is 11.8. The lowest BCUT2D eigenvalue weighted by atomic mass is 9.90. The highest BCUT2D eigenvalue weighted by Gasteiger charge is 2.16. The Morgan fingerprint density at radius 3 is 2.62 bits per heavy atom. The molecule has 0 atom stereocenters. The van der Waals surface area contributed by atoms with E-state index in [1.807, 2.05) is 12.4 Å². The second-order valence-corrected chi connectivity index (χ2v) is 5.19. The van der Waals surface area contributed by atoms with Crippen LogP contribution in [0.15, 0.2) is 30.7 Å². The van der Waals surface area contributed by atoms with Crippen LogP contribution < -0.4 is 0 Å². The maximum Gasteiger partial charge on any atom is 0.154 e. The van der Waals surface area contributed by atoms with Crippen LogP contribution in [0, 0.1) is 0 Å². The topological polar surface area (TPSA) is 30.7 Å². The summed E-state index contributed by atoms with van der Waals surface area (Å²) in [4.78, 5) is 4.22. The van der Waals surface area contributed by atoms with Gasteiger partial charge in [-0.15, -0.1) is 0 Å². The number of aromatic nitrogens is 3. The van der Waals surface area contributed by atoms with E-state index in [1.165, 1.54) is 5.56 Å². The summed E-state index contributed by atoms with van der Waals surface area (Å²) in [5, 5.41) is 4.95. The van der Waals surface area contributed by atoms with Crippen LogP contribution in [-0.2, 0) is 5.41 Å².